The van der Waals surface area contributed by atoms with Gasteiger partial charge < -0.3 is 9.40 Å². The lowest BCUT2D eigenvalue weighted by Gasteiger charge is -2.11. The Kier molecular flexibility index (Phi) is 4.36. The van der Waals surface area contributed by atoms with Crippen LogP contribution >= 0.6 is 0 Å². The number of pyridine rings is 4. The van der Waals surface area contributed by atoms with E-state index in [1.54, 1.807) is 18.6 Å². The SMILES string of the molecule is Cc1ccc(-c2nc3[nH]cc(-c4ccccn4)c(=O)c3cc2-c2ccc3ncccc3c2)o1. The second-order valence-corrected chi connectivity index (χ2v) is 7.85. The van der Waals surface area contributed by atoms with E-state index in [0.717, 1.165) is 27.8 Å². The van der Waals surface area contributed by atoms with Gasteiger partial charge in [0.1, 0.15) is 17.1 Å². The Morgan fingerprint density at radius 1 is 0.879 bits per heavy atom. The van der Waals surface area contributed by atoms with Crippen molar-refractivity contribution in [3.63, 3.8) is 0 Å². The third-order valence-corrected chi connectivity index (χ3v) is 5.69. The molecule has 33 heavy (non-hydrogen) atoms. The molecule has 0 aliphatic rings. The van der Waals surface area contributed by atoms with Gasteiger partial charge in [-0.05, 0) is 61.0 Å². The largest absolute Gasteiger partial charge is 0.460 e. The molecule has 6 rings (SSSR count). The molecule has 5 aromatic heterocycles. The molecule has 0 bridgehead atoms. The number of benzene rings is 1. The molecule has 0 saturated heterocycles. The normalized spacial score (nSPS) is 11.3. The smallest absolute Gasteiger partial charge is 0.200 e. The number of nitrogens with zero attached hydrogens (tertiary/aromatic N) is 3. The van der Waals surface area contributed by atoms with Crippen LogP contribution in [0.2, 0.25) is 0 Å². The van der Waals surface area contributed by atoms with E-state index in [2.05, 4.69) is 21.0 Å². The van der Waals surface area contributed by atoms with Gasteiger partial charge in [0.15, 0.2) is 11.2 Å². The predicted molar refractivity (Wildman–Crippen MR) is 129 cm³/mol. The van der Waals surface area contributed by atoms with Crippen molar-refractivity contribution in [3.05, 3.63) is 101 Å². The maximum absolute atomic E-state index is 13.4. The third kappa shape index (κ3) is 3.29. The Morgan fingerprint density at radius 2 is 1.79 bits per heavy atom. The number of H-pyrrole nitrogens is 1. The number of hydrogen-bond donors (Lipinski definition) is 1. The first-order valence-corrected chi connectivity index (χ1v) is 10.6. The molecular weight excluding hydrogens is 412 g/mol. The Balaban J connectivity index is 1.65. The van der Waals surface area contributed by atoms with Crippen molar-refractivity contribution in [1.29, 1.82) is 0 Å². The van der Waals surface area contributed by atoms with Crippen LogP contribution in [-0.4, -0.2) is 19.9 Å². The van der Waals surface area contributed by atoms with Crippen molar-refractivity contribution in [2.24, 2.45) is 0 Å². The quantitative estimate of drug-likeness (QED) is 0.385. The lowest BCUT2D eigenvalue weighted by atomic mass is 9.98. The molecule has 0 aliphatic heterocycles. The van der Waals surface area contributed by atoms with Gasteiger partial charge in [-0.2, -0.15) is 0 Å². The molecular formula is C27H18N4O2. The summed E-state index contributed by atoms with van der Waals surface area (Å²) in [5.41, 5.74) is 4.80. The van der Waals surface area contributed by atoms with Gasteiger partial charge in [0.2, 0.25) is 0 Å². The Morgan fingerprint density at radius 3 is 2.61 bits per heavy atom. The average molecular weight is 430 g/mol. The van der Waals surface area contributed by atoms with Gasteiger partial charge in [0.05, 0.1) is 22.2 Å². The van der Waals surface area contributed by atoms with Crippen LogP contribution in [0.15, 0.2) is 94.5 Å². The van der Waals surface area contributed by atoms with E-state index in [4.69, 9.17) is 9.40 Å². The van der Waals surface area contributed by atoms with Gasteiger partial charge in [-0.3, -0.25) is 14.8 Å². The fourth-order valence-corrected chi connectivity index (χ4v) is 4.07. The van der Waals surface area contributed by atoms with Crippen LogP contribution in [0.1, 0.15) is 5.76 Å². The van der Waals surface area contributed by atoms with E-state index in [1.807, 2.05) is 67.6 Å². The minimum Gasteiger partial charge on any atom is -0.460 e. The number of aromatic nitrogens is 4. The van der Waals surface area contributed by atoms with Gasteiger partial charge in [-0.25, -0.2) is 4.98 Å². The predicted octanol–water partition coefficient (Wildman–Crippen LogP) is 5.77. The molecule has 6 heteroatoms. The van der Waals surface area contributed by atoms with E-state index in [1.165, 1.54) is 0 Å². The van der Waals surface area contributed by atoms with Crippen LogP contribution in [0.3, 0.4) is 0 Å². The first kappa shape index (κ1) is 19.1. The number of aromatic amines is 1. The minimum absolute atomic E-state index is 0.124. The van der Waals surface area contributed by atoms with Crippen LogP contribution in [0.5, 0.6) is 0 Å². The highest BCUT2D eigenvalue weighted by Gasteiger charge is 2.18. The maximum Gasteiger partial charge on any atom is 0.200 e. The summed E-state index contributed by atoms with van der Waals surface area (Å²) in [6.07, 6.45) is 5.11. The van der Waals surface area contributed by atoms with E-state index < -0.39 is 0 Å². The van der Waals surface area contributed by atoms with Crippen LogP contribution in [-0.2, 0) is 0 Å². The highest BCUT2D eigenvalue weighted by Crippen LogP contribution is 2.34. The molecule has 6 aromatic rings. The summed E-state index contributed by atoms with van der Waals surface area (Å²) in [6, 6.07) is 21.1. The number of rotatable bonds is 3. The second-order valence-electron chi connectivity index (χ2n) is 7.85. The van der Waals surface area contributed by atoms with Gasteiger partial charge in [-0.15, -0.1) is 0 Å². The minimum atomic E-state index is -0.124. The van der Waals surface area contributed by atoms with Gasteiger partial charge >= 0.3 is 0 Å². The molecule has 0 aliphatic carbocycles. The van der Waals surface area contributed by atoms with Gasteiger partial charge in [0.25, 0.3) is 0 Å². The van der Waals surface area contributed by atoms with Gasteiger partial charge in [0, 0.05) is 29.5 Å². The standard InChI is InChI=1S/C27H18N4O2/c1-16-7-10-24(33-16)25-19(17-8-9-22-18(13-17)5-4-12-28-22)14-20-26(32)21(15-30-27(20)31-25)23-6-2-3-11-29-23/h2-15H,1H3,(H,30,31,32). The van der Waals surface area contributed by atoms with E-state index >= 15 is 0 Å². The van der Waals surface area contributed by atoms with Crippen LogP contribution in [0.25, 0.3) is 55.8 Å². The zero-order valence-corrected chi connectivity index (χ0v) is 17.7. The lowest BCUT2D eigenvalue weighted by Crippen LogP contribution is -2.09. The van der Waals surface area contributed by atoms with E-state index in [-0.39, 0.29) is 5.43 Å². The monoisotopic (exact) mass is 430 g/mol. The molecule has 0 spiro atoms. The molecule has 0 fully saturated rings. The summed E-state index contributed by atoms with van der Waals surface area (Å²) in [5.74, 6) is 1.44. The molecule has 1 aromatic carbocycles. The van der Waals surface area contributed by atoms with Crippen molar-refractivity contribution < 1.29 is 4.42 Å². The lowest BCUT2D eigenvalue weighted by molar-refractivity contribution is 0.547. The summed E-state index contributed by atoms with van der Waals surface area (Å²) < 4.78 is 5.91. The number of hydrogen-bond acceptors (Lipinski definition) is 5. The van der Waals surface area contributed by atoms with Crippen molar-refractivity contribution in [2.45, 2.75) is 6.92 Å². The fraction of sp³-hybridized carbons (Fsp3) is 0.0370. The molecule has 0 radical (unpaired) electrons. The van der Waals surface area contributed by atoms with Crippen molar-refractivity contribution in [1.82, 2.24) is 19.9 Å². The number of nitrogens with one attached hydrogen (secondary N) is 1. The molecule has 0 amide bonds. The molecule has 0 saturated carbocycles. The first-order valence-electron chi connectivity index (χ1n) is 10.6. The molecule has 0 atom stereocenters. The third-order valence-electron chi connectivity index (χ3n) is 5.69. The van der Waals surface area contributed by atoms with E-state index in [0.29, 0.717) is 33.7 Å². The fourth-order valence-electron chi connectivity index (χ4n) is 4.07. The highest BCUT2D eigenvalue weighted by atomic mass is 16.3. The summed E-state index contributed by atoms with van der Waals surface area (Å²) in [4.78, 5) is 30.2. The van der Waals surface area contributed by atoms with Crippen molar-refractivity contribution >= 4 is 21.9 Å². The molecule has 0 unspecified atom stereocenters. The van der Waals surface area contributed by atoms with Crippen LogP contribution < -0.4 is 5.43 Å². The Bertz CT molecular complexity index is 1700. The number of aryl methyl sites for hydroxylation is 1. The Labute approximate surface area is 188 Å². The maximum atomic E-state index is 13.4. The van der Waals surface area contributed by atoms with Crippen LogP contribution in [0, 0.1) is 6.92 Å². The molecule has 158 valence electrons. The zero-order valence-electron chi connectivity index (χ0n) is 17.7. The summed E-state index contributed by atoms with van der Waals surface area (Å²) in [6.45, 7) is 1.90. The number of furan rings is 1. The first-order chi connectivity index (χ1) is 16.2. The summed E-state index contributed by atoms with van der Waals surface area (Å²) in [5, 5.41) is 1.50. The zero-order chi connectivity index (χ0) is 22.4. The van der Waals surface area contributed by atoms with E-state index in [9.17, 15) is 4.79 Å². The molecule has 6 nitrogen and oxygen atoms in total. The summed E-state index contributed by atoms with van der Waals surface area (Å²) in [7, 11) is 0. The topological polar surface area (TPSA) is 84.7 Å². The average Bonchev–Trinajstić information content (AvgIpc) is 3.30. The number of fused-ring (bicyclic) bond motifs is 2. The Hall–Kier alpha value is -4.58. The van der Waals surface area contributed by atoms with Crippen LogP contribution in [0.4, 0.5) is 0 Å². The molecule has 1 N–H and O–H groups in total. The van der Waals surface area contributed by atoms with Crippen molar-refractivity contribution in [2.75, 3.05) is 0 Å². The van der Waals surface area contributed by atoms with Crippen molar-refractivity contribution in [3.8, 4) is 33.8 Å². The highest BCUT2D eigenvalue weighted by molar-refractivity contribution is 5.93. The summed E-state index contributed by atoms with van der Waals surface area (Å²) >= 11 is 0. The molecule has 5 heterocycles. The second kappa shape index (κ2) is 7.53. The van der Waals surface area contributed by atoms with Gasteiger partial charge in [-0.1, -0.05) is 18.2 Å².